The Balaban J connectivity index is 1.62. The first kappa shape index (κ1) is 19.2. The number of hydrogen-bond acceptors (Lipinski definition) is 7. The number of benzene rings is 1. The molecule has 2 rings (SSSR count). The molecule has 1 atom stereocenters. The molecule has 1 unspecified atom stereocenters. The fourth-order valence-corrected chi connectivity index (χ4v) is 3.45. The number of rotatable bonds is 11. The third-order valence-electron chi connectivity index (χ3n) is 3.51. The van der Waals surface area contributed by atoms with Crippen LogP contribution in [-0.4, -0.2) is 64.2 Å². The van der Waals surface area contributed by atoms with Gasteiger partial charge in [-0.15, -0.1) is 0 Å². The van der Waals surface area contributed by atoms with E-state index in [1.807, 2.05) is 12.1 Å². The molecule has 0 bridgehead atoms. The Morgan fingerprint density at radius 3 is 2.46 bits per heavy atom. The second-order valence-electron chi connectivity index (χ2n) is 5.68. The molecule has 1 aliphatic rings. The lowest BCUT2D eigenvalue weighted by Crippen LogP contribution is -2.13. The Morgan fingerprint density at radius 2 is 1.83 bits per heavy atom. The topological polar surface area (TPSA) is 60.4 Å². The quantitative estimate of drug-likeness (QED) is 0.482. The van der Waals surface area contributed by atoms with Crippen molar-refractivity contribution in [1.29, 1.82) is 0 Å². The van der Waals surface area contributed by atoms with Crippen molar-refractivity contribution in [3.63, 3.8) is 0 Å². The molecule has 0 spiro atoms. The Kier molecular flexibility index (Phi) is 8.52. The van der Waals surface area contributed by atoms with E-state index in [0.717, 1.165) is 18.0 Å². The number of anilines is 1. The summed E-state index contributed by atoms with van der Waals surface area (Å²) in [5.41, 5.74) is 0.848. The molecule has 0 radical (unpaired) electrons. The van der Waals surface area contributed by atoms with E-state index in [-0.39, 0.29) is 5.75 Å². The molecule has 7 heteroatoms. The number of hydrogen-bond donors (Lipinski definition) is 1. The van der Waals surface area contributed by atoms with Crippen LogP contribution in [0.4, 0.5) is 5.69 Å². The minimum atomic E-state index is 0.251. The highest BCUT2D eigenvalue weighted by molar-refractivity contribution is 8.00. The summed E-state index contributed by atoms with van der Waals surface area (Å²) in [6.45, 7) is 6.34. The van der Waals surface area contributed by atoms with Crippen molar-refractivity contribution in [3.8, 4) is 11.5 Å². The Morgan fingerprint density at radius 1 is 1.12 bits per heavy atom. The number of phenolic OH excluding ortho intramolecular Hbond substituents is 1. The maximum absolute atomic E-state index is 10.2. The Bertz CT molecular complexity index is 488. The lowest BCUT2D eigenvalue weighted by atomic mass is 10.2. The maximum Gasteiger partial charge on any atom is 0.143 e. The van der Waals surface area contributed by atoms with Crippen LogP contribution in [0.2, 0.25) is 0 Å². The van der Waals surface area contributed by atoms with Gasteiger partial charge >= 0.3 is 0 Å². The fourth-order valence-electron chi connectivity index (χ4n) is 2.26. The number of methoxy groups -OCH3 is 1. The van der Waals surface area contributed by atoms with Crippen LogP contribution in [0.1, 0.15) is 6.92 Å². The minimum absolute atomic E-state index is 0.251. The summed E-state index contributed by atoms with van der Waals surface area (Å²) in [4.78, 5) is 0. The van der Waals surface area contributed by atoms with Gasteiger partial charge in [-0.1, -0.05) is 6.92 Å². The monoisotopic (exact) mass is 357 g/mol. The summed E-state index contributed by atoms with van der Waals surface area (Å²) in [5.74, 6) is 2.63. The molecule has 1 aromatic carbocycles. The van der Waals surface area contributed by atoms with Crippen LogP contribution in [0.3, 0.4) is 0 Å². The highest BCUT2D eigenvalue weighted by atomic mass is 32.2. The molecule has 1 fully saturated rings. The molecule has 0 aliphatic carbocycles. The van der Waals surface area contributed by atoms with Gasteiger partial charge < -0.3 is 28.4 Å². The lowest BCUT2D eigenvalue weighted by molar-refractivity contribution is 0.0179. The summed E-state index contributed by atoms with van der Waals surface area (Å²) in [6, 6.07) is 5.44. The van der Waals surface area contributed by atoms with Gasteiger partial charge in [0.15, 0.2) is 0 Å². The number of phenols is 1. The molecule has 6 nitrogen and oxygen atoms in total. The van der Waals surface area contributed by atoms with Crippen LogP contribution in [-0.2, 0) is 14.2 Å². The van der Waals surface area contributed by atoms with E-state index >= 15 is 0 Å². The third-order valence-corrected chi connectivity index (χ3v) is 4.88. The summed E-state index contributed by atoms with van der Waals surface area (Å²) in [7, 11) is 1.64. The van der Waals surface area contributed by atoms with Gasteiger partial charge in [-0.05, 0) is 30.0 Å². The standard InChI is InChI=1S/C17H27NO5S/c1-14-12-18(24-13-14)16-4-3-15(11-17(16)19)23-10-9-22-8-7-21-6-5-20-2/h3-4,11,14,19H,5-10,12-13H2,1-2H3. The highest BCUT2D eigenvalue weighted by Gasteiger charge is 2.22. The second-order valence-corrected chi connectivity index (χ2v) is 6.71. The first-order valence-electron chi connectivity index (χ1n) is 8.21. The SMILES string of the molecule is COCCOCCOCCOc1ccc(N2CC(C)CS2)c(O)c1. The average molecular weight is 357 g/mol. The molecule has 24 heavy (non-hydrogen) atoms. The largest absolute Gasteiger partial charge is 0.506 e. The van der Waals surface area contributed by atoms with Gasteiger partial charge in [0.05, 0.1) is 38.7 Å². The van der Waals surface area contributed by atoms with Crippen molar-refractivity contribution in [2.45, 2.75) is 6.92 Å². The van der Waals surface area contributed by atoms with Crippen LogP contribution in [0.15, 0.2) is 18.2 Å². The fraction of sp³-hybridized carbons (Fsp3) is 0.647. The summed E-state index contributed by atoms with van der Waals surface area (Å²) in [5, 5.41) is 10.2. The lowest BCUT2D eigenvalue weighted by Gasteiger charge is -2.18. The van der Waals surface area contributed by atoms with Crippen LogP contribution in [0.25, 0.3) is 0 Å². The summed E-state index contributed by atoms with van der Waals surface area (Å²) < 4.78 is 23.3. The second kappa shape index (κ2) is 10.7. The highest BCUT2D eigenvalue weighted by Crippen LogP contribution is 2.38. The summed E-state index contributed by atoms with van der Waals surface area (Å²) in [6.07, 6.45) is 0. The first-order valence-corrected chi connectivity index (χ1v) is 9.15. The van der Waals surface area contributed by atoms with Crippen molar-refractivity contribution < 1.29 is 24.1 Å². The van der Waals surface area contributed by atoms with Crippen molar-refractivity contribution in [2.24, 2.45) is 5.92 Å². The zero-order valence-electron chi connectivity index (χ0n) is 14.4. The molecule has 0 amide bonds. The molecule has 136 valence electrons. The van der Waals surface area contributed by atoms with Gasteiger partial charge in [-0.25, -0.2) is 0 Å². The van der Waals surface area contributed by atoms with Crippen molar-refractivity contribution in [2.75, 3.05) is 63.4 Å². The van der Waals surface area contributed by atoms with Crippen LogP contribution in [0.5, 0.6) is 11.5 Å². The molecule has 1 heterocycles. The van der Waals surface area contributed by atoms with Crippen LogP contribution in [0, 0.1) is 5.92 Å². The molecule has 1 saturated heterocycles. The molecule has 0 saturated carbocycles. The van der Waals surface area contributed by atoms with Gasteiger partial charge in [-0.3, -0.25) is 0 Å². The smallest absolute Gasteiger partial charge is 0.143 e. The average Bonchev–Trinajstić information content (AvgIpc) is 2.99. The maximum atomic E-state index is 10.2. The molecular weight excluding hydrogens is 330 g/mol. The number of ether oxygens (including phenoxy) is 4. The predicted molar refractivity (Wildman–Crippen MR) is 96.1 cm³/mol. The van der Waals surface area contributed by atoms with E-state index in [0.29, 0.717) is 51.3 Å². The van der Waals surface area contributed by atoms with E-state index in [1.165, 1.54) is 0 Å². The zero-order chi connectivity index (χ0) is 17.2. The van der Waals surface area contributed by atoms with Crippen molar-refractivity contribution >= 4 is 17.6 Å². The van der Waals surface area contributed by atoms with Crippen LogP contribution < -0.4 is 9.04 Å². The van der Waals surface area contributed by atoms with E-state index in [9.17, 15) is 5.11 Å². The van der Waals surface area contributed by atoms with E-state index in [4.69, 9.17) is 18.9 Å². The summed E-state index contributed by atoms with van der Waals surface area (Å²) >= 11 is 1.75. The molecule has 0 aromatic heterocycles. The molecule has 1 aromatic rings. The Hall–Kier alpha value is -1.15. The van der Waals surface area contributed by atoms with Crippen molar-refractivity contribution in [3.05, 3.63) is 18.2 Å². The molecule has 1 N–H and O–H groups in total. The van der Waals surface area contributed by atoms with Gasteiger partial charge in [-0.2, -0.15) is 0 Å². The molecule has 1 aliphatic heterocycles. The minimum Gasteiger partial charge on any atom is -0.506 e. The van der Waals surface area contributed by atoms with Crippen LogP contribution >= 0.6 is 11.9 Å². The number of nitrogens with zero attached hydrogens (tertiary/aromatic N) is 1. The third kappa shape index (κ3) is 6.39. The van der Waals surface area contributed by atoms with Crippen molar-refractivity contribution in [1.82, 2.24) is 0 Å². The normalized spacial score (nSPS) is 17.4. The van der Waals surface area contributed by atoms with Gasteiger partial charge in [0.2, 0.25) is 0 Å². The van der Waals surface area contributed by atoms with E-state index in [2.05, 4.69) is 11.2 Å². The Labute approximate surface area is 148 Å². The zero-order valence-corrected chi connectivity index (χ0v) is 15.2. The van der Waals surface area contributed by atoms with Gasteiger partial charge in [0, 0.05) is 25.5 Å². The molecular formula is C17H27NO5S. The van der Waals surface area contributed by atoms with E-state index in [1.54, 1.807) is 25.1 Å². The van der Waals surface area contributed by atoms with E-state index < -0.39 is 0 Å². The predicted octanol–water partition coefficient (Wildman–Crippen LogP) is 2.55. The first-order chi connectivity index (χ1) is 11.7. The number of aromatic hydroxyl groups is 1. The van der Waals surface area contributed by atoms with Gasteiger partial charge in [0.25, 0.3) is 0 Å². The van der Waals surface area contributed by atoms with Gasteiger partial charge in [0.1, 0.15) is 18.1 Å².